The van der Waals surface area contributed by atoms with E-state index in [9.17, 15) is 0 Å². The first-order valence-electron chi connectivity index (χ1n) is 4.46. The zero-order valence-corrected chi connectivity index (χ0v) is 8.76. The number of thiazole rings is 1. The van der Waals surface area contributed by atoms with Crippen LogP contribution in [0.15, 0.2) is 52.1 Å². The summed E-state index contributed by atoms with van der Waals surface area (Å²) in [4.78, 5) is 4.06. The van der Waals surface area contributed by atoms with Crippen LogP contribution in [0.1, 0.15) is 10.6 Å². The minimum absolute atomic E-state index is 0.861. The number of benzene rings is 1. The van der Waals surface area contributed by atoms with Crippen molar-refractivity contribution in [3.05, 3.63) is 52.5 Å². The standard InChI is InChI=1S/C11H9N3S/c1-2-4-10(5-3-1)8-13-14-9-11-12-6-7-15-11/h1-9H/b13-8+,14-9+. The summed E-state index contributed by atoms with van der Waals surface area (Å²) in [5.74, 6) is 0. The van der Waals surface area contributed by atoms with Crippen LogP contribution in [0.2, 0.25) is 0 Å². The van der Waals surface area contributed by atoms with E-state index in [1.54, 1.807) is 18.6 Å². The van der Waals surface area contributed by atoms with Crippen LogP contribution >= 0.6 is 11.3 Å². The number of rotatable bonds is 3. The number of nitrogens with zero attached hydrogens (tertiary/aromatic N) is 3. The molecule has 0 saturated heterocycles. The maximum absolute atomic E-state index is 4.06. The first kappa shape index (κ1) is 9.73. The van der Waals surface area contributed by atoms with Crippen molar-refractivity contribution in [3.63, 3.8) is 0 Å². The monoisotopic (exact) mass is 215 g/mol. The Morgan fingerprint density at radius 1 is 1.07 bits per heavy atom. The molecule has 1 heterocycles. The summed E-state index contributed by atoms with van der Waals surface area (Å²) in [6.07, 6.45) is 5.10. The Morgan fingerprint density at radius 3 is 2.60 bits per heavy atom. The fourth-order valence-corrected chi connectivity index (χ4v) is 1.51. The van der Waals surface area contributed by atoms with Crippen molar-refractivity contribution in [3.8, 4) is 0 Å². The van der Waals surface area contributed by atoms with Crippen molar-refractivity contribution >= 4 is 23.8 Å². The maximum Gasteiger partial charge on any atom is 0.136 e. The highest BCUT2D eigenvalue weighted by molar-refractivity contribution is 7.11. The molecule has 0 atom stereocenters. The normalized spacial score (nSPS) is 11.5. The predicted octanol–water partition coefficient (Wildman–Crippen LogP) is 2.60. The van der Waals surface area contributed by atoms with Gasteiger partial charge in [-0.15, -0.1) is 11.3 Å². The largest absolute Gasteiger partial charge is 0.243 e. The smallest absolute Gasteiger partial charge is 0.136 e. The first-order valence-corrected chi connectivity index (χ1v) is 5.34. The molecule has 0 saturated carbocycles. The topological polar surface area (TPSA) is 37.6 Å². The van der Waals surface area contributed by atoms with E-state index in [-0.39, 0.29) is 0 Å². The van der Waals surface area contributed by atoms with Crippen LogP contribution in [0, 0.1) is 0 Å². The second kappa shape index (κ2) is 5.17. The molecular formula is C11H9N3S. The molecule has 2 aromatic rings. The van der Waals surface area contributed by atoms with Crippen LogP contribution in [-0.4, -0.2) is 17.4 Å². The van der Waals surface area contributed by atoms with Gasteiger partial charge in [-0.1, -0.05) is 30.3 Å². The van der Waals surface area contributed by atoms with Gasteiger partial charge in [-0.2, -0.15) is 10.2 Å². The predicted molar refractivity (Wildman–Crippen MR) is 63.7 cm³/mol. The van der Waals surface area contributed by atoms with E-state index in [2.05, 4.69) is 15.2 Å². The summed E-state index contributed by atoms with van der Waals surface area (Å²) in [5, 5.41) is 10.6. The van der Waals surface area contributed by atoms with Crippen molar-refractivity contribution < 1.29 is 0 Å². The van der Waals surface area contributed by atoms with E-state index >= 15 is 0 Å². The maximum atomic E-state index is 4.06. The summed E-state index contributed by atoms with van der Waals surface area (Å²) in [5.41, 5.74) is 1.04. The van der Waals surface area contributed by atoms with Gasteiger partial charge < -0.3 is 0 Å². The minimum atomic E-state index is 0.861. The number of hydrogen-bond donors (Lipinski definition) is 0. The molecule has 0 unspecified atom stereocenters. The van der Waals surface area contributed by atoms with Crippen LogP contribution in [-0.2, 0) is 0 Å². The molecule has 0 spiro atoms. The lowest BCUT2D eigenvalue weighted by Gasteiger charge is -1.86. The van der Waals surface area contributed by atoms with Gasteiger partial charge in [0, 0.05) is 11.6 Å². The highest BCUT2D eigenvalue weighted by Crippen LogP contribution is 1.99. The van der Waals surface area contributed by atoms with Gasteiger partial charge in [-0.25, -0.2) is 4.98 Å². The molecule has 1 aromatic heterocycles. The summed E-state index contributed by atoms with van der Waals surface area (Å²) >= 11 is 1.53. The lowest BCUT2D eigenvalue weighted by atomic mass is 10.2. The third kappa shape index (κ3) is 3.11. The summed E-state index contributed by atoms with van der Waals surface area (Å²) in [7, 11) is 0. The molecular weight excluding hydrogens is 206 g/mol. The second-order valence-corrected chi connectivity index (χ2v) is 3.70. The van der Waals surface area contributed by atoms with Crippen molar-refractivity contribution in [2.75, 3.05) is 0 Å². The lowest BCUT2D eigenvalue weighted by Crippen LogP contribution is -1.78. The van der Waals surface area contributed by atoms with Gasteiger partial charge in [0.1, 0.15) is 5.01 Å². The Kier molecular flexibility index (Phi) is 3.35. The number of aromatic nitrogens is 1. The van der Waals surface area contributed by atoms with Crippen molar-refractivity contribution in [1.29, 1.82) is 0 Å². The van der Waals surface area contributed by atoms with Gasteiger partial charge in [0.05, 0.1) is 12.4 Å². The molecule has 4 heteroatoms. The molecule has 1 aromatic carbocycles. The molecule has 15 heavy (non-hydrogen) atoms. The minimum Gasteiger partial charge on any atom is -0.243 e. The fraction of sp³-hybridized carbons (Fsp3) is 0. The highest BCUT2D eigenvalue weighted by atomic mass is 32.1. The molecule has 0 N–H and O–H groups in total. The van der Waals surface area contributed by atoms with Crippen LogP contribution in [0.3, 0.4) is 0 Å². The Balaban J connectivity index is 1.96. The van der Waals surface area contributed by atoms with Gasteiger partial charge in [-0.3, -0.25) is 0 Å². The Hall–Kier alpha value is -1.81. The van der Waals surface area contributed by atoms with Gasteiger partial charge in [0.25, 0.3) is 0 Å². The molecule has 0 bridgehead atoms. The Morgan fingerprint density at radius 2 is 1.87 bits per heavy atom. The third-order valence-corrected chi connectivity index (χ3v) is 2.40. The van der Waals surface area contributed by atoms with E-state index in [0.717, 1.165) is 10.6 Å². The highest BCUT2D eigenvalue weighted by Gasteiger charge is 1.86. The summed E-state index contributed by atoms with van der Waals surface area (Å²) < 4.78 is 0. The average molecular weight is 215 g/mol. The zero-order valence-electron chi connectivity index (χ0n) is 7.95. The lowest BCUT2D eigenvalue weighted by molar-refractivity contribution is 1.26. The van der Waals surface area contributed by atoms with Gasteiger partial charge in [0.2, 0.25) is 0 Å². The van der Waals surface area contributed by atoms with E-state index in [1.807, 2.05) is 35.7 Å². The molecule has 0 radical (unpaired) electrons. The zero-order chi connectivity index (χ0) is 10.3. The molecule has 3 nitrogen and oxygen atoms in total. The molecule has 0 aliphatic heterocycles. The van der Waals surface area contributed by atoms with Gasteiger partial charge in [0.15, 0.2) is 0 Å². The molecule has 0 aliphatic rings. The molecule has 0 aliphatic carbocycles. The van der Waals surface area contributed by atoms with E-state index < -0.39 is 0 Å². The molecule has 74 valence electrons. The Labute approximate surface area is 91.8 Å². The SMILES string of the molecule is C(=N\N=C\c1nccs1)/c1ccccc1. The fourth-order valence-electron chi connectivity index (χ4n) is 1.02. The first-order chi connectivity index (χ1) is 7.45. The van der Waals surface area contributed by atoms with Gasteiger partial charge >= 0.3 is 0 Å². The quantitative estimate of drug-likeness (QED) is 0.572. The van der Waals surface area contributed by atoms with Crippen LogP contribution in [0.25, 0.3) is 0 Å². The van der Waals surface area contributed by atoms with Crippen molar-refractivity contribution in [2.45, 2.75) is 0 Å². The van der Waals surface area contributed by atoms with Crippen LogP contribution < -0.4 is 0 Å². The van der Waals surface area contributed by atoms with Crippen LogP contribution in [0.4, 0.5) is 0 Å². The molecule has 2 rings (SSSR count). The van der Waals surface area contributed by atoms with Crippen LogP contribution in [0.5, 0.6) is 0 Å². The van der Waals surface area contributed by atoms with E-state index in [1.165, 1.54) is 11.3 Å². The third-order valence-electron chi connectivity index (χ3n) is 1.69. The summed E-state index contributed by atoms with van der Waals surface area (Å²) in [6, 6.07) is 9.85. The van der Waals surface area contributed by atoms with E-state index in [0.29, 0.717) is 0 Å². The van der Waals surface area contributed by atoms with Gasteiger partial charge in [-0.05, 0) is 5.56 Å². The number of hydrogen-bond acceptors (Lipinski definition) is 4. The molecule has 0 amide bonds. The van der Waals surface area contributed by atoms with Crippen molar-refractivity contribution in [2.24, 2.45) is 10.2 Å². The molecule has 0 fully saturated rings. The average Bonchev–Trinajstić information content (AvgIpc) is 2.79. The Bertz CT molecular complexity index is 446. The van der Waals surface area contributed by atoms with Crippen molar-refractivity contribution in [1.82, 2.24) is 4.98 Å². The van der Waals surface area contributed by atoms with E-state index in [4.69, 9.17) is 0 Å². The second-order valence-electron chi connectivity index (χ2n) is 2.77. The summed E-state index contributed by atoms with van der Waals surface area (Å²) in [6.45, 7) is 0.